The van der Waals surface area contributed by atoms with Gasteiger partial charge in [0.05, 0.1) is 11.7 Å². The van der Waals surface area contributed by atoms with E-state index in [0.29, 0.717) is 6.10 Å². The Morgan fingerprint density at radius 1 is 1.13 bits per heavy atom. The van der Waals surface area contributed by atoms with Gasteiger partial charge in [-0.1, -0.05) is 0 Å². The molecule has 0 aliphatic heterocycles. The molecule has 0 heterocycles. The Labute approximate surface area is 94.3 Å². The van der Waals surface area contributed by atoms with Crippen molar-refractivity contribution >= 4 is 0 Å². The smallest absolute Gasteiger partial charge is 0.0623 e. The highest BCUT2D eigenvalue weighted by Crippen LogP contribution is 2.17. The van der Waals surface area contributed by atoms with Crippen molar-refractivity contribution in [3.8, 4) is 0 Å². The molecule has 3 nitrogen and oxygen atoms in total. The van der Waals surface area contributed by atoms with Crippen LogP contribution in [0.5, 0.6) is 0 Å². The van der Waals surface area contributed by atoms with Crippen LogP contribution in [0, 0.1) is 0 Å². The van der Waals surface area contributed by atoms with E-state index in [-0.39, 0.29) is 11.6 Å². The molecule has 3 heteroatoms. The topological polar surface area (TPSA) is 44.5 Å². The van der Waals surface area contributed by atoms with E-state index in [2.05, 4.69) is 20.8 Å². The minimum Gasteiger partial charge on any atom is -0.382 e. The Kier molecular flexibility index (Phi) is 7.14. The van der Waals surface area contributed by atoms with Gasteiger partial charge in [0.25, 0.3) is 0 Å². The SMILES string of the molecule is COC(C)CCC(N)CCC(C)(C)OC. The van der Waals surface area contributed by atoms with Crippen LogP contribution in [0.1, 0.15) is 46.5 Å². The van der Waals surface area contributed by atoms with E-state index in [1.54, 1.807) is 14.2 Å². The Balaban J connectivity index is 3.61. The molecular weight excluding hydrogens is 190 g/mol. The lowest BCUT2D eigenvalue weighted by Gasteiger charge is -2.24. The minimum absolute atomic E-state index is 0.0511. The number of hydrogen-bond acceptors (Lipinski definition) is 3. The van der Waals surface area contributed by atoms with Gasteiger partial charge in [-0.15, -0.1) is 0 Å². The molecule has 0 aromatic heterocycles. The lowest BCUT2D eigenvalue weighted by molar-refractivity contribution is 0.0120. The molecule has 0 radical (unpaired) electrons. The van der Waals surface area contributed by atoms with Gasteiger partial charge in [0.2, 0.25) is 0 Å². The summed E-state index contributed by atoms with van der Waals surface area (Å²) in [6.07, 6.45) is 4.38. The van der Waals surface area contributed by atoms with Gasteiger partial charge in [0, 0.05) is 20.3 Å². The summed E-state index contributed by atoms with van der Waals surface area (Å²) < 4.78 is 10.5. The van der Waals surface area contributed by atoms with Crippen LogP contribution in [0.4, 0.5) is 0 Å². The summed E-state index contributed by atoms with van der Waals surface area (Å²) in [4.78, 5) is 0. The highest BCUT2D eigenvalue weighted by Gasteiger charge is 2.17. The van der Waals surface area contributed by atoms with Crippen molar-refractivity contribution in [1.29, 1.82) is 0 Å². The first-order chi connectivity index (χ1) is 6.91. The molecule has 2 atom stereocenters. The first-order valence-corrected chi connectivity index (χ1v) is 5.75. The van der Waals surface area contributed by atoms with Gasteiger partial charge in [0.15, 0.2) is 0 Å². The van der Waals surface area contributed by atoms with Crippen LogP contribution in [-0.4, -0.2) is 32.0 Å². The molecule has 0 bridgehead atoms. The van der Waals surface area contributed by atoms with Crippen LogP contribution in [0.25, 0.3) is 0 Å². The Morgan fingerprint density at radius 2 is 1.73 bits per heavy atom. The standard InChI is InChI=1S/C12H27NO2/c1-10(14-4)6-7-11(13)8-9-12(2,3)15-5/h10-11H,6-9,13H2,1-5H3. The quantitative estimate of drug-likeness (QED) is 0.678. The van der Waals surface area contributed by atoms with Gasteiger partial charge in [0.1, 0.15) is 0 Å². The predicted molar refractivity (Wildman–Crippen MR) is 64.0 cm³/mol. The number of ether oxygens (including phenoxy) is 2. The molecule has 0 rings (SSSR count). The van der Waals surface area contributed by atoms with Crippen LogP contribution >= 0.6 is 0 Å². The van der Waals surface area contributed by atoms with E-state index in [1.165, 1.54) is 0 Å². The summed E-state index contributed by atoms with van der Waals surface area (Å²) in [6.45, 7) is 6.26. The molecule has 0 amide bonds. The molecule has 0 spiro atoms. The molecule has 2 N–H and O–H groups in total. The normalized spacial score (nSPS) is 16.4. The fraction of sp³-hybridized carbons (Fsp3) is 1.00. The monoisotopic (exact) mass is 217 g/mol. The number of rotatable bonds is 8. The average Bonchev–Trinajstić information content (AvgIpc) is 2.23. The molecule has 0 saturated carbocycles. The van der Waals surface area contributed by atoms with Crippen molar-refractivity contribution in [3.63, 3.8) is 0 Å². The fourth-order valence-electron chi connectivity index (χ4n) is 1.35. The lowest BCUT2D eigenvalue weighted by atomic mass is 9.96. The molecule has 0 aliphatic carbocycles. The van der Waals surface area contributed by atoms with E-state index in [1.807, 2.05) is 0 Å². The molecule has 92 valence electrons. The molecular formula is C12H27NO2. The van der Waals surface area contributed by atoms with Gasteiger partial charge < -0.3 is 15.2 Å². The van der Waals surface area contributed by atoms with Crippen molar-refractivity contribution in [2.75, 3.05) is 14.2 Å². The second kappa shape index (κ2) is 7.20. The van der Waals surface area contributed by atoms with Gasteiger partial charge in [-0.05, 0) is 46.5 Å². The maximum Gasteiger partial charge on any atom is 0.0623 e. The predicted octanol–water partition coefficient (Wildman–Crippen LogP) is 2.33. The summed E-state index contributed by atoms with van der Waals surface area (Å²) in [5.41, 5.74) is 5.98. The zero-order valence-electron chi connectivity index (χ0n) is 10.9. The molecule has 0 aliphatic rings. The largest absolute Gasteiger partial charge is 0.382 e. The van der Waals surface area contributed by atoms with E-state index in [4.69, 9.17) is 15.2 Å². The molecule has 2 unspecified atom stereocenters. The van der Waals surface area contributed by atoms with Crippen molar-refractivity contribution in [3.05, 3.63) is 0 Å². The van der Waals surface area contributed by atoms with Crippen molar-refractivity contribution < 1.29 is 9.47 Å². The maximum absolute atomic E-state index is 6.03. The van der Waals surface area contributed by atoms with Gasteiger partial charge in [-0.2, -0.15) is 0 Å². The van der Waals surface area contributed by atoms with Crippen LogP contribution in [0.15, 0.2) is 0 Å². The first-order valence-electron chi connectivity index (χ1n) is 5.75. The van der Waals surface area contributed by atoms with Crippen molar-refractivity contribution in [2.45, 2.75) is 64.2 Å². The van der Waals surface area contributed by atoms with Crippen LogP contribution in [0.3, 0.4) is 0 Å². The highest BCUT2D eigenvalue weighted by molar-refractivity contribution is 4.72. The van der Waals surface area contributed by atoms with Crippen LogP contribution in [-0.2, 0) is 9.47 Å². The Morgan fingerprint density at radius 3 is 2.20 bits per heavy atom. The van der Waals surface area contributed by atoms with Crippen LogP contribution < -0.4 is 5.73 Å². The van der Waals surface area contributed by atoms with E-state index < -0.39 is 0 Å². The molecule has 0 fully saturated rings. The second-order valence-electron chi connectivity index (χ2n) is 4.89. The second-order valence-corrected chi connectivity index (χ2v) is 4.89. The minimum atomic E-state index is -0.0511. The van der Waals surface area contributed by atoms with E-state index in [9.17, 15) is 0 Å². The number of hydrogen-bond donors (Lipinski definition) is 1. The lowest BCUT2D eigenvalue weighted by Crippen LogP contribution is -2.28. The summed E-state index contributed by atoms with van der Waals surface area (Å²) in [6, 6.07) is 0.261. The zero-order valence-corrected chi connectivity index (χ0v) is 10.9. The van der Waals surface area contributed by atoms with E-state index in [0.717, 1.165) is 25.7 Å². The fourth-order valence-corrected chi connectivity index (χ4v) is 1.35. The third-order valence-corrected chi connectivity index (χ3v) is 3.02. The number of nitrogens with two attached hydrogens (primary N) is 1. The van der Waals surface area contributed by atoms with Crippen LogP contribution in [0.2, 0.25) is 0 Å². The Bertz CT molecular complexity index is 160. The highest BCUT2D eigenvalue weighted by atomic mass is 16.5. The summed E-state index contributed by atoms with van der Waals surface area (Å²) >= 11 is 0. The van der Waals surface area contributed by atoms with Gasteiger partial charge in [-0.25, -0.2) is 0 Å². The van der Waals surface area contributed by atoms with Gasteiger partial charge in [-0.3, -0.25) is 0 Å². The summed E-state index contributed by atoms with van der Waals surface area (Å²) in [5.74, 6) is 0. The third kappa shape index (κ3) is 7.77. The first kappa shape index (κ1) is 14.9. The summed E-state index contributed by atoms with van der Waals surface area (Å²) in [5, 5.41) is 0. The number of methoxy groups -OCH3 is 2. The third-order valence-electron chi connectivity index (χ3n) is 3.02. The Hall–Kier alpha value is -0.120. The maximum atomic E-state index is 6.03. The van der Waals surface area contributed by atoms with Crippen molar-refractivity contribution in [2.24, 2.45) is 5.73 Å². The molecule has 0 aromatic carbocycles. The zero-order chi connectivity index (χ0) is 11.9. The van der Waals surface area contributed by atoms with E-state index >= 15 is 0 Å². The molecule has 0 saturated heterocycles. The summed E-state index contributed by atoms with van der Waals surface area (Å²) in [7, 11) is 3.49. The molecule has 0 aromatic rings. The van der Waals surface area contributed by atoms with Gasteiger partial charge >= 0.3 is 0 Å². The van der Waals surface area contributed by atoms with Crippen molar-refractivity contribution in [1.82, 2.24) is 0 Å². The molecule has 15 heavy (non-hydrogen) atoms. The average molecular weight is 217 g/mol.